The van der Waals surface area contributed by atoms with Crippen LogP contribution in [0.3, 0.4) is 0 Å². The Morgan fingerprint density at radius 1 is 0.927 bits per heavy atom. The van der Waals surface area contributed by atoms with E-state index < -0.39 is 59.1 Å². The molecule has 218 valence electrons. The van der Waals surface area contributed by atoms with Crippen LogP contribution in [0.2, 0.25) is 0 Å². The van der Waals surface area contributed by atoms with E-state index in [4.69, 9.17) is 9.47 Å². The van der Waals surface area contributed by atoms with Gasteiger partial charge in [-0.2, -0.15) is 0 Å². The number of β-amino-alcohol motifs (C(OH)–C–C–N with tert-alkyl or cyclic N) is 1. The van der Waals surface area contributed by atoms with Crippen molar-refractivity contribution in [3.05, 3.63) is 99.9 Å². The fraction of sp³-hybridized carbons (Fsp3) is 0.345. The fourth-order valence-electron chi connectivity index (χ4n) is 5.06. The quantitative estimate of drug-likeness (QED) is 0.213. The van der Waals surface area contributed by atoms with E-state index in [0.29, 0.717) is 38.0 Å². The zero-order valence-corrected chi connectivity index (χ0v) is 21.6. The van der Waals surface area contributed by atoms with E-state index in [0.717, 1.165) is 11.1 Å². The minimum absolute atomic E-state index is 0.0114. The van der Waals surface area contributed by atoms with Gasteiger partial charge in [0.1, 0.15) is 5.56 Å². The summed E-state index contributed by atoms with van der Waals surface area (Å²) in [6.07, 6.45) is -0.916. The van der Waals surface area contributed by atoms with Gasteiger partial charge in [-0.1, -0.05) is 36.4 Å². The molecule has 0 aromatic heterocycles. The normalized spacial score (nSPS) is 23.1. The number of aliphatic hydroxyl groups excluding tert-OH is 2. The zero-order chi connectivity index (χ0) is 29.3. The maximum atomic E-state index is 14.2. The van der Waals surface area contributed by atoms with Crippen LogP contribution >= 0.6 is 0 Å². The fourth-order valence-corrected chi connectivity index (χ4v) is 5.06. The number of amides is 1. The van der Waals surface area contributed by atoms with Gasteiger partial charge in [-0.25, -0.2) is 22.0 Å². The molecule has 3 aromatic rings. The molecule has 41 heavy (non-hydrogen) atoms. The van der Waals surface area contributed by atoms with E-state index in [-0.39, 0.29) is 18.4 Å². The maximum absolute atomic E-state index is 14.2. The molecule has 3 aromatic carbocycles. The van der Waals surface area contributed by atoms with Crippen molar-refractivity contribution in [2.24, 2.45) is 0 Å². The molecule has 0 bridgehead atoms. The Morgan fingerprint density at radius 3 is 2.24 bits per heavy atom. The van der Waals surface area contributed by atoms with Crippen LogP contribution < -0.4 is 5.32 Å². The molecule has 12 heteroatoms. The average molecular weight is 579 g/mol. The molecule has 4 atom stereocenters. The predicted octanol–water partition coefficient (Wildman–Crippen LogP) is 4.74. The van der Waals surface area contributed by atoms with Crippen molar-refractivity contribution in [2.45, 2.75) is 44.1 Å². The molecule has 2 saturated heterocycles. The van der Waals surface area contributed by atoms with Crippen LogP contribution in [0, 0.1) is 29.1 Å². The Kier molecular flexibility index (Phi) is 8.66. The second-order valence-electron chi connectivity index (χ2n) is 10.1. The summed E-state index contributed by atoms with van der Waals surface area (Å²) < 4.78 is 81.5. The summed E-state index contributed by atoms with van der Waals surface area (Å²) in [7, 11) is 0. The summed E-state index contributed by atoms with van der Waals surface area (Å²) in [6, 6.07) is 13.2. The zero-order valence-electron chi connectivity index (χ0n) is 21.6. The lowest BCUT2D eigenvalue weighted by atomic mass is 9.99. The number of ether oxygens (including phenoxy) is 2. The van der Waals surface area contributed by atoms with Crippen molar-refractivity contribution < 1.29 is 46.4 Å². The molecule has 1 amide bonds. The second kappa shape index (κ2) is 12.2. The summed E-state index contributed by atoms with van der Waals surface area (Å²) in [5.41, 5.74) is 0.423. The van der Waals surface area contributed by atoms with Crippen LogP contribution in [0.4, 0.5) is 27.6 Å². The number of halogens is 5. The van der Waals surface area contributed by atoms with Crippen molar-refractivity contribution in [1.82, 2.24) is 4.90 Å². The Morgan fingerprint density at radius 2 is 1.61 bits per heavy atom. The number of rotatable bonds is 7. The van der Waals surface area contributed by atoms with Crippen molar-refractivity contribution >= 4 is 11.6 Å². The van der Waals surface area contributed by atoms with Crippen LogP contribution in [-0.4, -0.2) is 52.9 Å². The highest BCUT2D eigenvalue weighted by Gasteiger charge is 2.35. The number of nitrogens with zero attached hydrogens (tertiary/aromatic N) is 1. The van der Waals surface area contributed by atoms with Crippen LogP contribution in [0.1, 0.15) is 52.3 Å². The first-order valence-electron chi connectivity index (χ1n) is 13.0. The Labute approximate surface area is 232 Å². The molecular weight excluding hydrogens is 551 g/mol. The number of aliphatic hydroxyl groups is 2. The summed E-state index contributed by atoms with van der Waals surface area (Å²) in [6.45, 7) is 1.64. The SMILES string of the molecule is O=C(Nc1cccc([C@H]2O[C@@H](CN3CC[C@H](O)C3)C[C@@H](c3ccc(CO)cc3)O2)c1)c1c(F)c(F)c(F)c(F)c1F. The Bertz CT molecular complexity index is 1390. The van der Waals surface area contributed by atoms with Crippen molar-refractivity contribution in [2.75, 3.05) is 25.0 Å². The standard InChI is InChI=1S/C29H27F5N2O5/c30-23-22(24(31)26(33)27(34)25(23)32)28(39)35-18-3-1-2-17(10-18)29-40-20(13-36-9-8-19(38)12-36)11-21(41-29)16-6-4-15(14-37)5-7-16/h1-7,10,19-21,29,37-38H,8-9,11-14H2,(H,35,39)/t19-,20+,21-,29-/m0/s1. The van der Waals surface area contributed by atoms with Crippen LogP contribution in [0.5, 0.6) is 0 Å². The van der Waals surface area contributed by atoms with Gasteiger partial charge in [0.15, 0.2) is 29.6 Å². The third-order valence-corrected chi connectivity index (χ3v) is 7.18. The molecule has 3 N–H and O–H groups in total. The number of anilines is 1. The van der Waals surface area contributed by atoms with Gasteiger partial charge in [0.2, 0.25) is 5.82 Å². The van der Waals surface area contributed by atoms with Gasteiger partial charge < -0.3 is 25.0 Å². The lowest BCUT2D eigenvalue weighted by Crippen LogP contribution is -2.38. The molecule has 0 saturated carbocycles. The molecule has 0 unspecified atom stereocenters. The summed E-state index contributed by atoms with van der Waals surface area (Å²) in [5.74, 6) is -12.8. The summed E-state index contributed by atoms with van der Waals surface area (Å²) in [4.78, 5) is 14.7. The number of likely N-dealkylation sites (tertiary alicyclic amines) is 1. The third-order valence-electron chi connectivity index (χ3n) is 7.18. The maximum Gasteiger partial charge on any atom is 0.261 e. The minimum Gasteiger partial charge on any atom is -0.392 e. The van der Waals surface area contributed by atoms with Crippen molar-refractivity contribution in [1.29, 1.82) is 0 Å². The molecule has 5 rings (SSSR count). The first-order chi connectivity index (χ1) is 19.6. The molecule has 2 aliphatic heterocycles. The monoisotopic (exact) mass is 578 g/mol. The first kappa shape index (κ1) is 29.1. The van der Waals surface area contributed by atoms with E-state index in [9.17, 15) is 37.0 Å². The van der Waals surface area contributed by atoms with Gasteiger partial charge in [-0.3, -0.25) is 9.69 Å². The number of carbonyl (C=O) groups excluding carboxylic acids is 1. The Balaban J connectivity index is 1.38. The largest absolute Gasteiger partial charge is 0.392 e. The van der Waals surface area contributed by atoms with Crippen LogP contribution in [-0.2, 0) is 16.1 Å². The third kappa shape index (κ3) is 6.26. The van der Waals surface area contributed by atoms with Gasteiger partial charge in [0, 0.05) is 37.3 Å². The molecule has 7 nitrogen and oxygen atoms in total. The van der Waals surface area contributed by atoms with Crippen LogP contribution in [0.25, 0.3) is 0 Å². The first-order valence-corrected chi connectivity index (χ1v) is 13.0. The van der Waals surface area contributed by atoms with E-state index in [2.05, 4.69) is 10.2 Å². The van der Waals surface area contributed by atoms with E-state index >= 15 is 0 Å². The number of nitrogens with one attached hydrogen (secondary N) is 1. The summed E-state index contributed by atoms with van der Waals surface area (Å²) in [5, 5.41) is 21.5. The van der Waals surface area contributed by atoms with Gasteiger partial charge in [-0.05, 0) is 29.7 Å². The number of hydrogen-bond donors (Lipinski definition) is 3. The van der Waals surface area contributed by atoms with Gasteiger partial charge in [0.05, 0.1) is 24.9 Å². The highest BCUT2D eigenvalue weighted by molar-refractivity contribution is 6.04. The molecule has 2 aliphatic rings. The van der Waals surface area contributed by atoms with Gasteiger partial charge in [-0.15, -0.1) is 0 Å². The number of benzene rings is 3. The number of hydrogen-bond acceptors (Lipinski definition) is 6. The molecular formula is C29H27F5N2O5. The topological polar surface area (TPSA) is 91.3 Å². The molecule has 2 fully saturated rings. The lowest BCUT2D eigenvalue weighted by Gasteiger charge is -2.38. The van der Waals surface area contributed by atoms with E-state index in [1.807, 2.05) is 12.1 Å². The van der Waals surface area contributed by atoms with Crippen molar-refractivity contribution in [3.8, 4) is 0 Å². The number of carbonyl (C=O) groups is 1. The molecule has 2 heterocycles. The average Bonchev–Trinajstić information content (AvgIpc) is 3.39. The van der Waals surface area contributed by atoms with Gasteiger partial charge in [0.25, 0.3) is 5.91 Å². The van der Waals surface area contributed by atoms with E-state index in [1.165, 1.54) is 18.2 Å². The predicted molar refractivity (Wildman–Crippen MR) is 136 cm³/mol. The highest BCUT2D eigenvalue weighted by atomic mass is 19.2. The van der Waals surface area contributed by atoms with Gasteiger partial charge >= 0.3 is 0 Å². The Hall–Kier alpha value is -3.42. The lowest BCUT2D eigenvalue weighted by molar-refractivity contribution is -0.252. The smallest absolute Gasteiger partial charge is 0.261 e. The summed E-state index contributed by atoms with van der Waals surface area (Å²) >= 11 is 0. The molecule has 0 spiro atoms. The molecule has 0 radical (unpaired) electrons. The van der Waals surface area contributed by atoms with Crippen molar-refractivity contribution in [3.63, 3.8) is 0 Å². The van der Waals surface area contributed by atoms with Crippen LogP contribution in [0.15, 0.2) is 48.5 Å². The van der Waals surface area contributed by atoms with E-state index in [1.54, 1.807) is 18.2 Å². The highest BCUT2D eigenvalue weighted by Crippen LogP contribution is 2.39. The second-order valence-corrected chi connectivity index (χ2v) is 10.1. The minimum atomic E-state index is -2.36. The molecule has 0 aliphatic carbocycles.